The zero-order chi connectivity index (χ0) is 15.5. The Hall–Kier alpha value is -0.770. The molecule has 0 aromatic heterocycles. The molecule has 3 nitrogen and oxygen atoms in total. The lowest BCUT2D eigenvalue weighted by molar-refractivity contribution is 0.0449. The highest BCUT2D eigenvalue weighted by molar-refractivity contribution is 6.30. The Morgan fingerprint density at radius 2 is 2.19 bits per heavy atom. The van der Waals surface area contributed by atoms with E-state index in [-0.39, 0.29) is 0 Å². The van der Waals surface area contributed by atoms with E-state index in [9.17, 15) is 5.11 Å². The molecule has 2 N–H and O–H groups in total. The molecule has 4 heteroatoms. The molecule has 1 unspecified atom stereocenters. The fraction of sp³-hybridized carbons (Fsp3) is 0.647. The largest absolute Gasteiger partial charge is 0.388 e. The standard InChI is InChI=1S/C17H27ClN2O/c1-13(2)10-19-11-14-5-6-15(18)9-16(14)20-8-4-7-17(3,21)12-20/h5-6,9,13,19,21H,4,7-8,10-12H2,1-3H3. The van der Waals surface area contributed by atoms with Crippen molar-refractivity contribution in [3.63, 3.8) is 0 Å². The van der Waals surface area contributed by atoms with Gasteiger partial charge in [0, 0.05) is 30.3 Å². The van der Waals surface area contributed by atoms with Gasteiger partial charge in [-0.3, -0.25) is 0 Å². The first kappa shape index (κ1) is 16.6. The van der Waals surface area contributed by atoms with Crippen LogP contribution in [0.1, 0.15) is 39.2 Å². The molecule has 1 atom stereocenters. The number of hydrogen-bond acceptors (Lipinski definition) is 3. The number of benzene rings is 1. The molecule has 1 aliphatic heterocycles. The molecule has 21 heavy (non-hydrogen) atoms. The molecule has 2 rings (SSSR count). The van der Waals surface area contributed by atoms with Gasteiger partial charge in [0.15, 0.2) is 0 Å². The number of halogens is 1. The Bertz CT molecular complexity index is 474. The lowest BCUT2D eigenvalue weighted by Gasteiger charge is -2.39. The number of piperidine rings is 1. The highest BCUT2D eigenvalue weighted by Crippen LogP contribution is 2.30. The molecular weight excluding hydrogens is 284 g/mol. The van der Waals surface area contributed by atoms with Crippen molar-refractivity contribution in [3.05, 3.63) is 28.8 Å². The zero-order valence-electron chi connectivity index (χ0n) is 13.3. The van der Waals surface area contributed by atoms with Crippen molar-refractivity contribution in [3.8, 4) is 0 Å². The highest BCUT2D eigenvalue weighted by atomic mass is 35.5. The molecule has 0 aliphatic carbocycles. The van der Waals surface area contributed by atoms with Gasteiger partial charge in [-0.15, -0.1) is 0 Å². The third-order valence-corrected chi connectivity index (χ3v) is 4.17. The quantitative estimate of drug-likeness (QED) is 0.874. The van der Waals surface area contributed by atoms with Crippen molar-refractivity contribution in [1.82, 2.24) is 5.32 Å². The van der Waals surface area contributed by atoms with Crippen molar-refractivity contribution in [1.29, 1.82) is 0 Å². The normalized spacial score (nSPS) is 22.9. The second kappa shape index (κ2) is 6.99. The smallest absolute Gasteiger partial charge is 0.0794 e. The van der Waals surface area contributed by atoms with E-state index in [1.54, 1.807) is 0 Å². The summed E-state index contributed by atoms with van der Waals surface area (Å²) in [6, 6.07) is 6.06. The van der Waals surface area contributed by atoms with Gasteiger partial charge in [-0.25, -0.2) is 0 Å². The number of β-amino-alcohol motifs (C(OH)–C–C–N with tert-alkyl or cyclic N) is 1. The van der Waals surface area contributed by atoms with E-state index in [2.05, 4.69) is 30.1 Å². The van der Waals surface area contributed by atoms with E-state index in [1.165, 1.54) is 5.56 Å². The topological polar surface area (TPSA) is 35.5 Å². The summed E-state index contributed by atoms with van der Waals surface area (Å²) in [6.07, 6.45) is 1.88. The molecule has 1 aromatic carbocycles. The molecule has 1 saturated heterocycles. The third-order valence-electron chi connectivity index (χ3n) is 3.93. The average molecular weight is 311 g/mol. The van der Waals surface area contributed by atoms with Crippen molar-refractivity contribution >= 4 is 17.3 Å². The van der Waals surface area contributed by atoms with Gasteiger partial charge in [-0.1, -0.05) is 31.5 Å². The fourth-order valence-electron chi connectivity index (χ4n) is 2.90. The highest BCUT2D eigenvalue weighted by Gasteiger charge is 2.29. The predicted octanol–water partition coefficient (Wildman–Crippen LogP) is 3.44. The molecule has 0 radical (unpaired) electrons. The van der Waals surface area contributed by atoms with E-state index in [0.29, 0.717) is 12.5 Å². The summed E-state index contributed by atoms with van der Waals surface area (Å²) >= 11 is 6.18. The maximum Gasteiger partial charge on any atom is 0.0794 e. The maximum atomic E-state index is 10.3. The van der Waals surface area contributed by atoms with Crippen LogP contribution >= 0.6 is 11.6 Å². The lowest BCUT2D eigenvalue weighted by Crippen LogP contribution is -2.46. The van der Waals surface area contributed by atoms with Crippen LogP contribution < -0.4 is 10.2 Å². The Morgan fingerprint density at radius 1 is 1.43 bits per heavy atom. The van der Waals surface area contributed by atoms with Crippen LogP contribution in [0.2, 0.25) is 5.02 Å². The van der Waals surface area contributed by atoms with Gasteiger partial charge in [0.05, 0.1) is 5.60 Å². The molecule has 1 fully saturated rings. The van der Waals surface area contributed by atoms with Crippen LogP contribution in [0.3, 0.4) is 0 Å². The van der Waals surface area contributed by atoms with Crippen molar-refractivity contribution in [2.75, 3.05) is 24.5 Å². The van der Waals surface area contributed by atoms with Gasteiger partial charge < -0.3 is 15.3 Å². The minimum atomic E-state index is -0.608. The number of anilines is 1. The summed E-state index contributed by atoms with van der Waals surface area (Å²) in [6.45, 7) is 9.82. The van der Waals surface area contributed by atoms with Gasteiger partial charge in [0.25, 0.3) is 0 Å². The van der Waals surface area contributed by atoms with Crippen LogP contribution in [0.25, 0.3) is 0 Å². The van der Waals surface area contributed by atoms with Gasteiger partial charge in [0.2, 0.25) is 0 Å². The zero-order valence-corrected chi connectivity index (χ0v) is 14.1. The molecule has 1 heterocycles. The van der Waals surface area contributed by atoms with Crippen LogP contribution in [-0.4, -0.2) is 30.3 Å². The Kier molecular flexibility index (Phi) is 5.53. The van der Waals surface area contributed by atoms with Gasteiger partial charge in [-0.2, -0.15) is 0 Å². The second-order valence-corrected chi connectivity index (χ2v) is 7.26. The molecule has 1 aliphatic rings. The van der Waals surface area contributed by atoms with Crippen molar-refractivity contribution in [2.24, 2.45) is 5.92 Å². The fourth-order valence-corrected chi connectivity index (χ4v) is 3.07. The lowest BCUT2D eigenvalue weighted by atomic mass is 9.94. The predicted molar refractivity (Wildman–Crippen MR) is 90.1 cm³/mol. The van der Waals surface area contributed by atoms with E-state index in [0.717, 1.165) is 43.2 Å². The van der Waals surface area contributed by atoms with Crippen molar-refractivity contribution < 1.29 is 5.11 Å². The summed E-state index contributed by atoms with van der Waals surface area (Å²) < 4.78 is 0. The first-order valence-corrected chi connectivity index (χ1v) is 8.22. The minimum absolute atomic E-state index is 0.608. The second-order valence-electron chi connectivity index (χ2n) is 6.82. The monoisotopic (exact) mass is 310 g/mol. The molecule has 0 saturated carbocycles. The summed E-state index contributed by atoms with van der Waals surface area (Å²) in [4.78, 5) is 2.27. The van der Waals surface area contributed by atoms with E-state index in [4.69, 9.17) is 11.6 Å². The molecule has 0 bridgehead atoms. The van der Waals surface area contributed by atoms with Crippen LogP contribution in [0, 0.1) is 5.92 Å². The minimum Gasteiger partial charge on any atom is -0.388 e. The Morgan fingerprint density at radius 3 is 2.86 bits per heavy atom. The van der Waals surface area contributed by atoms with Gasteiger partial charge in [-0.05, 0) is 49.9 Å². The van der Waals surface area contributed by atoms with Crippen LogP contribution in [0.4, 0.5) is 5.69 Å². The molecule has 118 valence electrons. The Balaban J connectivity index is 2.14. The summed E-state index contributed by atoms with van der Waals surface area (Å²) in [5.74, 6) is 0.636. The number of aliphatic hydroxyl groups is 1. The molecule has 1 aromatic rings. The van der Waals surface area contributed by atoms with Crippen LogP contribution in [-0.2, 0) is 6.54 Å². The summed E-state index contributed by atoms with van der Waals surface area (Å²) in [5.41, 5.74) is 1.79. The SMILES string of the molecule is CC(C)CNCc1ccc(Cl)cc1N1CCCC(C)(O)C1. The third kappa shape index (κ3) is 4.87. The summed E-state index contributed by atoms with van der Waals surface area (Å²) in [5, 5.41) is 14.6. The van der Waals surface area contributed by atoms with Crippen LogP contribution in [0.5, 0.6) is 0 Å². The number of nitrogens with zero attached hydrogens (tertiary/aromatic N) is 1. The summed E-state index contributed by atoms with van der Waals surface area (Å²) in [7, 11) is 0. The average Bonchev–Trinajstić information content (AvgIpc) is 2.39. The van der Waals surface area contributed by atoms with E-state index >= 15 is 0 Å². The van der Waals surface area contributed by atoms with Gasteiger partial charge >= 0.3 is 0 Å². The molecule has 0 spiro atoms. The van der Waals surface area contributed by atoms with Crippen LogP contribution in [0.15, 0.2) is 18.2 Å². The molecule has 0 amide bonds. The van der Waals surface area contributed by atoms with E-state index in [1.807, 2.05) is 19.1 Å². The Labute approximate surface area is 133 Å². The first-order chi connectivity index (χ1) is 9.87. The number of rotatable bonds is 5. The first-order valence-electron chi connectivity index (χ1n) is 7.84. The number of hydrogen-bond donors (Lipinski definition) is 2. The van der Waals surface area contributed by atoms with Gasteiger partial charge in [0.1, 0.15) is 0 Å². The van der Waals surface area contributed by atoms with Crippen molar-refractivity contribution in [2.45, 2.75) is 45.8 Å². The molecular formula is C17H27ClN2O. The van der Waals surface area contributed by atoms with E-state index < -0.39 is 5.60 Å². The maximum absolute atomic E-state index is 10.3. The number of nitrogens with one attached hydrogen (secondary N) is 1.